The Kier molecular flexibility index (Phi) is 8.29. The lowest BCUT2D eigenvalue weighted by Crippen LogP contribution is -2.28. The molecule has 3 aliphatic rings. The third-order valence-corrected chi connectivity index (χ3v) is 14.4. The molecular formula is C63H43NO. The summed E-state index contributed by atoms with van der Waals surface area (Å²) in [6, 6.07) is 89.8. The molecule has 0 amide bonds. The molecule has 2 heteroatoms. The lowest BCUT2D eigenvalue weighted by Gasteiger charge is -2.34. The van der Waals surface area contributed by atoms with Gasteiger partial charge in [-0.15, -0.1) is 0 Å². The summed E-state index contributed by atoms with van der Waals surface area (Å²) in [5.74, 6) is 0.858. The normalized spacial score (nSPS) is 15.3. The molecule has 0 aliphatic heterocycles. The molecule has 0 saturated heterocycles. The van der Waals surface area contributed by atoms with Crippen molar-refractivity contribution in [3.8, 4) is 50.3 Å². The maximum absolute atomic E-state index is 5.79. The second-order valence-electron chi connectivity index (χ2n) is 17.5. The summed E-state index contributed by atoms with van der Waals surface area (Å²) >= 11 is 0. The minimum Gasteiger partial charge on any atom is -0.497 e. The highest BCUT2D eigenvalue weighted by molar-refractivity contribution is 5.96. The minimum absolute atomic E-state index is 0.433. The topological polar surface area (TPSA) is 12.5 Å². The zero-order valence-electron chi connectivity index (χ0n) is 35.9. The fourth-order valence-electron chi connectivity index (χ4n) is 11.9. The van der Waals surface area contributed by atoms with E-state index in [4.69, 9.17) is 4.74 Å². The molecule has 2 nitrogen and oxygen atoms in total. The molecule has 0 heterocycles. The Bertz CT molecular complexity index is 3430. The van der Waals surface area contributed by atoms with E-state index in [1.165, 1.54) is 77.9 Å². The Morgan fingerprint density at radius 1 is 0.292 bits per heavy atom. The van der Waals surface area contributed by atoms with Gasteiger partial charge in [-0.3, -0.25) is 0 Å². The predicted molar refractivity (Wildman–Crippen MR) is 267 cm³/mol. The predicted octanol–water partition coefficient (Wildman–Crippen LogP) is 15.5. The van der Waals surface area contributed by atoms with Crippen LogP contribution in [0.15, 0.2) is 243 Å². The Morgan fingerprint density at radius 2 is 0.754 bits per heavy atom. The van der Waals surface area contributed by atoms with E-state index < -0.39 is 10.8 Å². The van der Waals surface area contributed by atoms with Crippen molar-refractivity contribution in [1.82, 2.24) is 0 Å². The van der Waals surface area contributed by atoms with Crippen LogP contribution in [0.25, 0.3) is 44.5 Å². The average Bonchev–Trinajstić information content (AvgIpc) is 3.97. The third kappa shape index (κ3) is 5.23. The van der Waals surface area contributed by atoms with E-state index in [1.807, 2.05) is 0 Å². The first kappa shape index (κ1) is 37.4. The molecule has 10 aromatic carbocycles. The molecule has 0 radical (unpaired) electrons. The van der Waals surface area contributed by atoms with Crippen molar-refractivity contribution in [1.29, 1.82) is 0 Å². The molecule has 10 aromatic rings. The van der Waals surface area contributed by atoms with Gasteiger partial charge in [0.1, 0.15) is 5.75 Å². The Balaban J connectivity index is 0.987. The summed E-state index contributed by atoms with van der Waals surface area (Å²) in [6.07, 6.45) is 0. The maximum Gasteiger partial charge on any atom is 0.119 e. The number of hydrogen-bond donors (Lipinski definition) is 0. The van der Waals surface area contributed by atoms with Crippen LogP contribution in [0.2, 0.25) is 0 Å². The minimum atomic E-state index is -0.529. The van der Waals surface area contributed by atoms with Crippen molar-refractivity contribution in [2.75, 3.05) is 12.0 Å². The molecule has 0 bridgehead atoms. The number of anilines is 3. The van der Waals surface area contributed by atoms with Crippen LogP contribution >= 0.6 is 0 Å². The summed E-state index contributed by atoms with van der Waals surface area (Å²) in [4.78, 5) is 2.43. The number of hydrogen-bond acceptors (Lipinski definition) is 2. The first-order valence-corrected chi connectivity index (χ1v) is 22.5. The molecule has 1 unspecified atom stereocenters. The van der Waals surface area contributed by atoms with Gasteiger partial charge >= 0.3 is 0 Å². The highest BCUT2D eigenvalue weighted by atomic mass is 16.5. The van der Waals surface area contributed by atoms with E-state index in [1.54, 1.807) is 7.11 Å². The smallest absolute Gasteiger partial charge is 0.119 e. The van der Waals surface area contributed by atoms with Gasteiger partial charge in [0, 0.05) is 17.1 Å². The van der Waals surface area contributed by atoms with E-state index in [2.05, 4.69) is 248 Å². The number of fused-ring (bicyclic) bond motifs is 13. The Morgan fingerprint density at radius 3 is 1.38 bits per heavy atom. The van der Waals surface area contributed by atoms with Crippen LogP contribution < -0.4 is 9.64 Å². The van der Waals surface area contributed by atoms with Crippen LogP contribution in [-0.2, 0) is 10.8 Å². The van der Waals surface area contributed by atoms with Gasteiger partial charge in [-0.2, -0.15) is 0 Å². The summed E-state index contributed by atoms with van der Waals surface area (Å²) in [5.41, 5.74) is 22.7. The molecule has 3 aliphatic carbocycles. The van der Waals surface area contributed by atoms with Crippen molar-refractivity contribution in [3.63, 3.8) is 0 Å². The average molecular weight is 830 g/mol. The molecule has 65 heavy (non-hydrogen) atoms. The summed E-state index contributed by atoms with van der Waals surface area (Å²) < 4.78 is 5.79. The second kappa shape index (κ2) is 14.4. The van der Waals surface area contributed by atoms with Crippen LogP contribution in [0, 0.1) is 0 Å². The summed E-state index contributed by atoms with van der Waals surface area (Å²) in [5, 5.41) is 0. The zero-order chi connectivity index (χ0) is 43.1. The fourth-order valence-corrected chi connectivity index (χ4v) is 11.9. The highest BCUT2D eigenvalue weighted by Crippen LogP contribution is 2.63. The SMILES string of the molecule is COc1ccc2c(c1)-c1ccccc1C2(c1ccccc1)c1cccc(-c2cccc(N(c3ccccc3)c3ccc4c(c3)C3(c5ccccc5-c5ccccc53)c3ccccc3-4)c2)c1. The number of methoxy groups -OCH3 is 1. The lowest BCUT2D eigenvalue weighted by molar-refractivity contribution is 0.415. The number of nitrogens with zero attached hydrogens (tertiary/aromatic N) is 1. The van der Waals surface area contributed by atoms with Crippen molar-refractivity contribution >= 4 is 17.1 Å². The number of benzene rings is 10. The van der Waals surface area contributed by atoms with E-state index >= 15 is 0 Å². The van der Waals surface area contributed by atoms with Crippen LogP contribution in [0.1, 0.15) is 44.5 Å². The van der Waals surface area contributed by atoms with Crippen LogP contribution in [0.4, 0.5) is 17.1 Å². The number of ether oxygens (including phenoxy) is 1. The monoisotopic (exact) mass is 829 g/mol. The molecule has 0 aromatic heterocycles. The first-order chi connectivity index (χ1) is 32.2. The lowest BCUT2D eigenvalue weighted by atomic mass is 9.67. The standard InChI is InChI=1S/C63H43NO/c1-65-49-35-37-60-55(41-49)53-29-11-12-30-56(53)62(60,44-20-4-2-5-21-44)45-22-16-18-42(38-45)43-19-17-25-47(39-43)64(46-23-6-3-7-24-46)48-34-36-54-52-28-10-15-33-59(52)63(61(54)40-48)57-31-13-8-26-50(57)51-27-9-14-32-58(51)63/h2-41H,1H3. The van der Waals surface area contributed by atoms with Gasteiger partial charge in [0.25, 0.3) is 0 Å². The quantitative estimate of drug-likeness (QED) is 0.159. The Hall–Kier alpha value is -8.20. The van der Waals surface area contributed by atoms with E-state index in [0.717, 1.165) is 33.9 Å². The van der Waals surface area contributed by atoms with Crippen LogP contribution in [-0.4, -0.2) is 7.11 Å². The second-order valence-corrected chi connectivity index (χ2v) is 17.5. The first-order valence-electron chi connectivity index (χ1n) is 22.5. The number of para-hydroxylation sites is 1. The molecular weight excluding hydrogens is 787 g/mol. The van der Waals surface area contributed by atoms with Gasteiger partial charge in [0.05, 0.1) is 17.9 Å². The molecule has 306 valence electrons. The van der Waals surface area contributed by atoms with Crippen molar-refractivity contribution in [2.45, 2.75) is 10.8 Å². The van der Waals surface area contributed by atoms with Gasteiger partial charge in [0.15, 0.2) is 0 Å². The van der Waals surface area contributed by atoms with Crippen LogP contribution in [0.3, 0.4) is 0 Å². The summed E-state index contributed by atoms with van der Waals surface area (Å²) in [7, 11) is 1.75. The molecule has 13 rings (SSSR count). The van der Waals surface area contributed by atoms with E-state index in [0.29, 0.717) is 0 Å². The largest absolute Gasteiger partial charge is 0.497 e. The molecule has 0 fully saturated rings. The van der Waals surface area contributed by atoms with E-state index in [-0.39, 0.29) is 0 Å². The van der Waals surface area contributed by atoms with Gasteiger partial charge < -0.3 is 9.64 Å². The highest BCUT2D eigenvalue weighted by Gasteiger charge is 2.52. The van der Waals surface area contributed by atoms with E-state index in [9.17, 15) is 0 Å². The van der Waals surface area contributed by atoms with Crippen molar-refractivity contribution < 1.29 is 4.74 Å². The molecule has 0 N–H and O–H groups in total. The van der Waals surface area contributed by atoms with Gasteiger partial charge in [-0.05, 0) is 144 Å². The molecule has 1 spiro atoms. The maximum atomic E-state index is 5.79. The van der Waals surface area contributed by atoms with Gasteiger partial charge in [-0.1, -0.05) is 188 Å². The van der Waals surface area contributed by atoms with Crippen LogP contribution in [0.5, 0.6) is 5.75 Å². The fraction of sp³-hybridized carbons (Fsp3) is 0.0476. The van der Waals surface area contributed by atoms with Gasteiger partial charge in [-0.25, -0.2) is 0 Å². The molecule has 1 atom stereocenters. The summed E-state index contributed by atoms with van der Waals surface area (Å²) in [6.45, 7) is 0. The Labute approximate surface area is 380 Å². The van der Waals surface area contributed by atoms with Gasteiger partial charge in [0.2, 0.25) is 0 Å². The zero-order valence-corrected chi connectivity index (χ0v) is 35.9. The third-order valence-electron chi connectivity index (χ3n) is 14.4. The molecule has 0 saturated carbocycles. The number of rotatable bonds is 7. The van der Waals surface area contributed by atoms with Crippen molar-refractivity contribution in [2.24, 2.45) is 0 Å². The van der Waals surface area contributed by atoms with Crippen molar-refractivity contribution in [3.05, 3.63) is 287 Å².